The molecule has 0 atom stereocenters. The highest BCUT2D eigenvalue weighted by atomic mass is 79.9. The van der Waals surface area contributed by atoms with Crippen LogP contribution in [0.3, 0.4) is 0 Å². The minimum atomic E-state index is -0.145. The van der Waals surface area contributed by atoms with E-state index < -0.39 is 0 Å². The van der Waals surface area contributed by atoms with Gasteiger partial charge in [0.2, 0.25) is 0 Å². The third kappa shape index (κ3) is 4.34. The molecule has 0 radical (unpaired) electrons. The number of pyridine rings is 1. The Bertz CT molecular complexity index is 1020. The number of nitrogens with one attached hydrogen (secondary N) is 2. The quantitative estimate of drug-likeness (QED) is 0.630. The molecular weight excluding hydrogens is 442 g/mol. The number of hydrogen-bond donors (Lipinski definition) is 2. The number of amides is 1. The van der Waals surface area contributed by atoms with Crippen LogP contribution >= 0.6 is 15.9 Å². The van der Waals surface area contributed by atoms with Crippen molar-refractivity contribution < 1.29 is 4.79 Å². The molecule has 3 rings (SSSR count). The van der Waals surface area contributed by atoms with Crippen molar-refractivity contribution in [1.82, 2.24) is 10.3 Å². The standard InChI is InChI=1S/C24H32BrN3O2/c1-7-8-16-9-15(4)27-23(30)19(16)12-26-22(29)18-10-17(25)11-20-21(18)24(5,6)13-28(20)14(2)3/h9-11,14H,7-8,12-13H2,1-6H3,(H,26,29)(H,27,30). The predicted octanol–water partition coefficient (Wildman–Crippen LogP) is 4.83. The fourth-order valence-electron chi connectivity index (χ4n) is 4.50. The Kier molecular flexibility index (Phi) is 6.46. The van der Waals surface area contributed by atoms with Crippen LogP contribution in [0.25, 0.3) is 0 Å². The van der Waals surface area contributed by atoms with E-state index in [-0.39, 0.29) is 23.4 Å². The number of rotatable bonds is 6. The number of carbonyl (C=O) groups is 1. The number of anilines is 1. The van der Waals surface area contributed by atoms with Gasteiger partial charge in [-0.3, -0.25) is 9.59 Å². The molecule has 1 aliphatic rings. The van der Waals surface area contributed by atoms with Crippen LogP contribution in [0.4, 0.5) is 5.69 Å². The molecule has 1 aromatic carbocycles. The Balaban J connectivity index is 1.95. The van der Waals surface area contributed by atoms with Gasteiger partial charge >= 0.3 is 0 Å². The monoisotopic (exact) mass is 473 g/mol. The average molecular weight is 474 g/mol. The number of nitrogens with zero attached hydrogens (tertiary/aromatic N) is 1. The molecule has 1 amide bonds. The third-order valence-corrected chi connectivity index (χ3v) is 6.27. The molecule has 0 unspecified atom stereocenters. The van der Waals surface area contributed by atoms with Gasteiger partial charge < -0.3 is 15.2 Å². The Labute approximate surface area is 187 Å². The molecule has 2 N–H and O–H groups in total. The van der Waals surface area contributed by atoms with Crippen LogP contribution < -0.4 is 15.8 Å². The van der Waals surface area contributed by atoms with E-state index in [9.17, 15) is 9.59 Å². The lowest BCUT2D eigenvalue weighted by Gasteiger charge is -2.26. The molecule has 162 valence electrons. The number of carbonyl (C=O) groups excluding carboxylic acids is 1. The zero-order chi connectivity index (χ0) is 22.2. The van der Waals surface area contributed by atoms with Gasteiger partial charge in [0.25, 0.3) is 11.5 Å². The lowest BCUT2D eigenvalue weighted by molar-refractivity contribution is 0.0948. The number of aryl methyl sites for hydroxylation is 2. The minimum Gasteiger partial charge on any atom is -0.368 e. The van der Waals surface area contributed by atoms with Gasteiger partial charge in [0, 0.05) is 51.5 Å². The maximum Gasteiger partial charge on any atom is 0.253 e. The van der Waals surface area contributed by atoms with E-state index >= 15 is 0 Å². The first-order valence-electron chi connectivity index (χ1n) is 10.7. The summed E-state index contributed by atoms with van der Waals surface area (Å²) in [5.74, 6) is -0.145. The summed E-state index contributed by atoms with van der Waals surface area (Å²) in [7, 11) is 0. The Morgan fingerprint density at radius 3 is 2.63 bits per heavy atom. The molecule has 1 aliphatic heterocycles. The van der Waals surface area contributed by atoms with E-state index in [1.807, 2.05) is 19.1 Å². The third-order valence-electron chi connectivity index (χ3n) is 5.81. The second-order valence-electron chi connectivity index (χ2n) is 9.17. The first-order valence-corrected chi connectivity index (χ1v) is 11.4. The number of fused-ring (bicyclic) bond motifs is 1. The van der Waals surface area contributed by atoms with E-state index in [1.54, 1.807) is 0 Å². The van der Waals surface area contributed by atoms with Gasteiger partial charge in [-0.15, -0.1) is 0 Å². The van der Waals surface area contributed by atoms with Gasteiger partial charge in [0.15, 0.2) is 0 Å². The van der Waals surface area contributed by atoms with Crippen LogP contribution in [0, 0.1) is 6.92 Å². The molecule has 0 spiro atoms. The fraction of sp³-hybridized carbons (Fsp3) is 0.500. The first-order chi connectivity index (χ1) is 14.0. The molecule has 2 aromatic rings. The van der Waals surface area contributed by atoms with E-state index in [4.69, 9.17) is 0 Å². The van der Waals surface area contributed by atoms with Crippen LogP contribution in [0.5, 0.6) is 0 Å². The normalized spacial score (nSPS) is 14.9. The van der Waals surface area contributed by atoms with Crippen LogP contribution in [0.15, 0.2) is 27.5 Å². The van der Waals surface area contributed by atoms with Crippen molar-refractivity contribution in [2.24, 2.45) is 0 Å². The molecule has 0 aliphatic carbocycles. The Hall–Kier alpha value is -2.08. The Morgan fingerprint density at radius 1 is 1.30 bits per heavy atom. The second-order valence-corrected chi connectivity index (χ2v) is 10.1. The first kappa shape index (κ1) is 22.6. The van der Waals surface area contributed by atoms with Crippen molar-refractivity contribution in [3.05, 3.63) is 61.0 Å². The summed E-state index contributed by atoms with van der Waals surface area (Å²) < 4.78 is 0.884. The number of aromatic nitrogens is 1. The zero-order valence-electron chi connectivity index (χ0n) is 18.8. The summed E-state index contributed by atoms with van der Waals surface area (Å²) in [6.45, 7) is 13.8. The number of aromatic amines is 1. The van der Waals surface area contributed by atoms with Crippen molar-refractivity contribution in [2.75, 3.05) is 11.4 Å². The van der Waals surface area contributed by atoms with E-state index in [0.29, 0.717) is 17.2 Å². The molecule has 2 heterocycles. The van der Waals surface area contributed by atoms with Gasteiger partial charge in [-0.25, -0.2) is 0 Å². The molecular formula is C24H32BrN3O2. The van der Waals surface area contributed by atoms with Gasteiger partial charge in [-0.2, -0.15) is 0 Å². The highest BCUT2D eigenvalue weighted by molar-refractivity contribution is 9.10. The maximum atomic E-state index is 13.3. The van der Waals surface area contributed by atoms with E-state index in [2.05, 4.69) is 71.8 Å². The van der Waals surface area contributed by atoms with Crippen LogP contribution in [0.1, 0.15) is 73.8 Å². The fourth-order valence-corrected chi connectivity index (χ4v) is 4.94. The average Bonchev–Trinajstić information content (AvgIpc) is 2.91. The van der Waals surface area contributed by atoms with Crippen LogP contribution in [-0.4, -0.2) is 23.5 Å². The van der Waals surface area contributed by atoms with E-state index in [1.165, 1.54) is 0 Å². The molecule has 5 nitrogen and oxygen atoms in total. The van der Waals surface area contributed by atoms with E-state index in [0.717, 1.165) is 46.4 Å². The van der Waals surface area contributed by atoms with Gasteiger partial charge in [0.1, 0.15) is 0 Å². The summed E-state index contributed by atoms with van der Waals surface area (Å²) in [4.78, 5) is 31.0. The van der Waals surface area contributed by atoms with Gasteiger partial charge in [-0.05, 0) is 56.5 Å². The largest absolute Gasteiger partial charge is 0.368 e. The minimum absolute atomic E-state index is 0.121. The number of H-pyrrole nitrogens is 1. The highest BCUT2D eigenvalue weighted by Gasteiger charge is 2.39. The Morgan fingerprint density at radius 2 is 2.00 bits per heavy atom. The van der Waals surface area contributed by atoms with Gasteiger partial charge in [0.05, 0.1) is 0 Å². The van der Waals surface area contributed by atoms with Gasteiger partial charge in [-0.1, -0.05) is 43.1 Å². The molecule has 0 bridgehead atoms. The molecule has 1 aromatic heterocycles. The SMILES string of the molecule is CCCc1cc(C)[nH]c(=O)c1CNC(=O)c1cc(Br)cc2c1C(C)(C)CN2C(C)C. The highest BCUT2D eigenvalue weighted by Crippen LogP contribution is 2.45. The maximum absolute atomic E-state index is 13.3. The number of halogens is 1. The number of hydrogen-bond acceptors (Lipinski definition) is 3. The van der Waals surface area contributed by atoms with Crippen molar-refractivity contribution in [1.29, 1.82) is 0 Å². The molecule has 30 heavy (non-hydrogen) atoms. The smallest absolute Gasteiger partial charge is 0.253 e. The molecule has 0 saturated carbocycles. The summed E-state index contributed by atoms with van der Waals surface area (Å²) >= 11 is 3.58. The summed E-state index contributed by atoms with van der Waals surface area (Å²) in [5.41, 5.74) is 5.09. The van der Waals surface area contributed by atoms with Crippen molar-refractivity contribution in [3.8, 4) is 0 Å². The lowest BCUT2D eigenvalue weighted by atomic mass is 9.83. The predicted molar refractivity (Wildman–Crippen MR) is 127 cm³/mol. The van der Waals surface area contributed by atoms with Crippen molar-refractivity contribution in [3.63, 3.8) is 0 Å². The topological polar surface area (TPSA) is 65.2 Å². The molecule has 6 heteroatoms. The summed E-state index contributed by atoms with van der Waals surface area (Å²) in [6.07, 6.45) is 1.76. The van der Waals surface area contributed by atoms with Crippen LogP contribution in [0.2, 0.25) is 0 Å². The van der Waals surface area contributed by atoms with Crippen LogP contribution in [-0.2, 0) is 18.4 Å². The van der Waals surface area contributed by atoms with Crippen molar-refractivity contribution >= 4 is 27.5 Å². The number of benzene rings is 1. The molecule has 0 saturated heterocycles. The summed E-state index contributed by atoms with van der Waals surface area (Å²) in [6, 6.07) is 6.35. The lowest BCUT2D eigenvalue weighted by Crippen LogP contribution is -2.34. The second kappa shape index (κ2) is 8.58. The van der Waals surface area contributed by atoms with Crippen molar-refractivity contribution in [2.45, 2.75) is 72.4 Å². The zero-order valence-corrected chi connectivity index (χ0v) is 20.4. The summed E-state index contributed by atoms with van der Waals surface area (Å²) in [5, 5.41) is 3.01. The molecule has 0 fully saturated rings.